The first-order valence-electron chi connectivity index (χ1n) is 6.96. The van der Waals surface area contributed by atoms with Crippen molar-refractivity contribution in [2.45, 2.75) is 39.3 Å². The molecule has 0 saturated carbocycles. The van der Waals surface area contributed by atoms with E-state index >= 15 is 0 Å². The number of hydrogen-bond acceptors (Lipinski definition) is 3. The minimum Gasteiger partial charge on any atom is -0.337 e. The first-order valence-corrected chi connectivity index (χ1v) is 6.96. The largest absolute Gasteiger partial charge is 0.337 e. The van der Waals surface area contributed by atoms with Crippen LogP contribution in [0, 0.1) is 0 Å². The van der Waals surface area contributed by atoms with E-state index < -0.39 is 0 Å². The second kappa shape index (κ2) is 6.52. The van der Waals surface area contributed by atoms with Crippen molar-refractivity contribution in [2.75, 3.05) is 6.54 Å². The van der Waals surface area contributed by atoms with Crippen molar-refractivity contribution in [2.24, 2.45) is 7.05 Å². The van der Waals surface area contributed by atoms with Gasteiger partial charge in [0.1, 0.15) is 11.6 Å². The molecule has 0 bridgehead atoms. The van der Waals surface area contributed by atoms with Gasteiger partial charge in [-0.25, -0.2) is 9.97 Å². The molecule has 0 radical (unpaired) electrons. The van der Waals surface area contributed by atoms with Crippen LogP contribution in [0.1, 0.15) is 38.0 Å². The van der Waals surface area contributed by atoms with Gasteiger partial charge < -0.3 is 14.5 Å². The molecule has 0 aliphatic heterocycles. The van der Waals surface area contributed by atoms with Crippen LogP contribution in [-0.4, -0.2) is 25.6 Å². The van der Waals surface area contributed by atoms with Gasteiger partial charge in [-0.3, -0.25) is 0 Å². The molecule has 19 heavy (non-hydrogen) atoms. The average molecular weight is 261 g/mol. The molecule has 2 aromatic rings. The molecule has 0 fully saturated rings. The summed E-state index contributed by atoms with van der Waals surface area (Å²) in [5.41, 5.74) is 0. The van der Waals surface area contributed by atoms with E-state index in [0.717, 1.165) is 37.6 Å². The maximum absolute atomic E-state index is 4.48. The van der Waals surface area contributed by atoms with Crippen LogP contribution in [0.25, 0.3) is 0 Å². The second-order valence-corrected chi connectivity index (χ2v) is 4.75. The predicted octanol–water partition coefficient (Wildman–Crippen LogP) is 1.92. The van der Waals surface area contributed by atoms with Crippen LogP contribution >= 0.6 is 0 Å². The fraction of sp³-hybridized carbons (Fsp3) is 0.571. The van der Waals surface area contributed by atoms with Crippen molar-refractivity contribution in [3.05, 3.63) is 36.4 Å². The van der Waals surface area contributed by atoms with Crippen molar-refractivity contribution < 1.29 is 0 Å². The number of aryl methyl sites for hydroxylation is 2. The van der Waals surface area contributed by atoms with E-state index in [1.807, 2.05) is 25.6 Å². The molecule has 5 heteroatoms. The lowest BCUT2D eigenvalue weighted by molar-refractivity contribution is 0.483. The number of hydrogen-bond donors (Lipinski definition) is 1. The van der Waals surface area contributed by atoms with Gasteiger partial charge in [0.15, 0.2) is 0 Å². The molecule has 1 unspecified atom stereocenters. The quantitative estimate of drug-likeness (QED) is 0.828. The van der Waals surface area contributed by atoms with E-state index in [-0.39, 0.29) is 6.04 Å². The Kier molecular flexibility index (Phi) is 4.74. The molecule has 5 nitrogen and oxygen atoms in total. The molecule has 104 valence electrons. The minimum absolute atomic E-state index is 0.211. The zero-order valence-electron chi connectivity index (χ0n) is 12.0. The highest BCUT2D eigenvalue weighted by molar-refractivity contribution is 5.04. The lowest BCUT2D eigenvalue weighted by Gasteiger charge is -2.18. The van der Waals surface area contributed by atoms with Crippen molar-refractivity contribution in [1.29, 1.82) is 0 Å². The van der Waals surface area contributed by atoms with Crippen molar-refractivity contribution >= 4 is 0 Å². The first-order chi connectivity index (χ1) is 9.26. The molecule has 0 saturated heterocycles. The maximum Gasteiger partial charge on any atom is 0.126 e. The van der Waals surface area contributed by atoms with E-state index in [0.29, 0.717) is 0 Å². The second-order valence-electron chi connectivity index (χ2n) is 4.75. The molecule has 1 atom stereocenters. The maximum atomic E-state index is 4.48. The van der Waals surface area contributed by atoms with Gasteiger partial charge >= 0.3 is 0 Å². The average Bonchev–Trinajstić information content (AvgIpc) is 2.99. The Morgan fingerprint density at radius 3 is 2.63 bits per heavy atom. The molecular weight excluding hydrogens is 238 g/mol. The van der Waals surface area contributed by atoms with E-state index in [1.54, 1.807) is 0 Å². The molecule has 0 aliphatic rings. The Bertz CT molecular complexity index is 499. The highest BCUT2D eigenvalue weighted by Crippen LogP contribution is 2.16. The van der Waals surface area contributed by atoms with Gasteiger partial charge in [-0.1, -0.05) is 13.8 Å². The monoisotopic (exact) mass is 261 g/mol. The Morgan fingerprint density at radius 2 is 2.00 bits per heavy atom. The zero-order chi connectivity index (χ0) is 13.7. The summed E-state index contributed by atoms with van der Waals surface area (Å²) in [7, 11) is 2.03. The van der Waals surface area contributed by atoms with Gasteiger partial charge in [-0.05, 0) is 13.0 Å². The topological polar surface area (TPSA) is 47.7 Å². The molecule has 0 aliphatic carbocycles. The van der Waals surface area contributed by atoms with Crippen LogP contribution in [0.15, 0.2) is 24.8 Å². The van der Waals surface area contributed by atoms with Crippen molar-refractivity contribution in [3.63, 3.8) is 0 Å². The van der Waals surface area contributed by atoms with Gasteiger partial charge in [-0.15, -0.1) is 0 Å². The number of imidazole rings is 2. The molecule has 1 N–H and O–H groups in total. The summed E-state index contributed by atoms with van der Waals surface area (Å²) in [6.07, 6.45) is 9.76. The first kappa shape index (κ1) is 13.8. The summed E-state index contributed by atoms with van der Waals surface area (Å²) in [5, 5.41) is 3.50. The van der Waals surface area contributed by atoms with Gasteiger partial charge in [0.25, 0.3) is 0 Å². The summed E-state index contributed by atoms with van der Waals surface area (Å²) < 4.78 is 4.30. The third kappa shape index (κ3) is 3.23. The molecule has 2 rings (SSSR count). The summed E-state index contributed by atoms with van der Waals surface area (Å²) >= 11 is 0. The molecule has 0 aromatic carbocycles. The highest BCUT2D eigenvalue weighted by atomic mass is 15.1. The SMILES string of the molecule is CCCn1ccnc1CC(NCC)c1nccn1C. The predicted molar refractivity (Wildman–Crippen MR) is 75.8 cm³/mol. The van der Waals surface area contributed by atoms with Crippen LogP contribution in [-0.2, 0) is 20.0 Å². The molecule has 0 amide bonds. The number of rotatable bonds is 7. The van der Waals surface area contributed by atoms with Crippen LogP contribution in [0.3, 0.4) is 0 Å². The summed E-state index contributed by atoms with van der Waals surface area (Å²) in [6.45, 7) is 6.25. The fourth-order valence-corrected chi connectivity index (χ4v) is 2.37. The van der Waals surface area contributed by atoms with Gasteiger partial charge in [0.2, 0.25) is 0 Å². The lowest BCUT2D eigenvalue weighted by atomic mass is 10.1. The third-order valence-corrected chi connectivity index (χ3v) is 3.27. The normalized spacial score (nSPS) is 12.8. The van der Waals surface area contributed by atoms with Gasteiger partial charge in [-0.2, -0.15) is 0 Å². The molecule has 0 spiro atoms. The Hall–Kier alpha value is -1.62. The van der Waals surface area contributed by atoms with Crippen molar-refractivity contribution in [3.8, 4) is 0 Å². The highest BCUT2D eigenvalue weighted by Gasteiger charge is 2.17. The summed E-state index contributed by atoms with van der Waals surface area (Å²) in [5.74, 6) is 2.18. The Labute approximate surface area is 114 Å². The zero-order valence-corrected chi connectivity index (χ0v) is 12.0. The minimum atomic E-state index is 0.211. The smallest absolute Gasteiger partial charge is 0.126 e. The molecule has 2 heterocycles. The van der Waals surface area contributed by atoms with Crippen LogP contribution in [0.2, 0.25) is 0 Å². The van der Waals surface area contributed by atoms with Crippen LogP contribution < -0.4 is 5.32 Å². The molecule has 2 aromatic heterocycles. The lowest BCUT2D eigenvalue weighted by Crippen LogP contribution is -2.26. The standard InChI is InChI=1S/C14H23N5/c1-4-8-19-10-7-16-13(19)11-12(15-5-2)14-17-6-9-18(14)3/h6-7,9-10,12,15H,4-5,8,11H2,1-3H3. The van der Waals surface area contributed by atoms with Crippen LogP contribution in [0.4, 0.5) is 0 Å². The number of nitrogens with zero attached hydrogens (tertiary/aromatic N) is 4. The number of nitrogens with one attached hydrogen (secondary N) is 1. The Morgan fingerprint density at radius 1 is 1.21 bits per heavy atom. The van der Waals surface area contributed by atoms with E-state index in [2.05, 4.69) is 44.5 Å². The summed E-state index contributed by atoms with van der Waals surface area (Å²) in [4.78, 5) is 8.94. The fourth-order valence-electron chi connectivity index (χ4n) is 2.37. The third-order valence-electron chi connectivity index (χ3n) is 3.27. The van der Waals surface area contributed by atoms with E-state index in [1.165, 1.54) is 0 Å². The number of likely N-dealkylation sites (N-methyl/N-ethyl adjacent to an activating group) is 1. The van der Waals surface area contributed by atoms with Crippen LogP contribution in [0.5, 0.6) is 0 Å². The van der Waals surface area contributed by atoms with E-state index in [4.69, 9.17) is 0 Å². The van der Waals surface area contributed by atoms with Crippen molar-refractivity contribution in [1.82, 2.24) is 24.4 Å². The number of aromatic nitrogens is 4. The summed E-state index contributed by atoms with van der Waals surface area (Å²) in [6, 6.07) is 0.211. The Balaban J connectivity index is 2.17. The van der Waals surface area contributed by atoms with Gasteiger partial charge in [0, 0.05) is 44.8 Å². The van der Waals surface area contributed by atoms with E-state index in [9.17, 15) is 0 Å². The molecular formula is C14H23N5. The van der Waals surface area contributed by atoms with Gasteiger partial charge in [0.05, 0.1) is 6.04 Å².